The maximum Gasteiger partial charge on any atom is 0.0788 e. The van der Waals surface area contributed by atoms with Crippen molar-refractivity contribution in [3.63, 3.8) is 0 Å². The average Bonchev–Trinajstić information content (AvgIpc) is 3.70. The summed E-state index contributed by atoms with van der Waals surface area (Å²) in [4.78, 5) is 2.31. The van der Waals surface area contributed by atoms with Gasteiger partial charge in [-0.3, -0.25) is 0 Å². The molecular formula is C44H31N3. The van der Waals surface area contributed by atoms with Crippen molar-refractivity contribution in [2.45, 2.75) is 0 Å². The molecule has 0 fully saturated rings. The maximum absolute atomic E-state index is 2.44. The number of hydrogen-bond acceptors (Lipinski definition) is 1. The number of hydrogen-bond donors (Lipinski definition) is 0. The highest BCUT2D eigenvalue weighted by Crippen LogP contribution is 2.42. The van der Waals surface area contributed by atoms with Crippen molar-refractivity contribution in [1.82, 2.24) is 9.13 Å². The number of para-hydroxylation sites is 4. The largest absolute Gasteiger partial charge is 0.314 e. The van der Waals surface area contributed by atoms with Crippen LogP contribution in [-0.4, -0.2) is 9.13 Å². The van der Waals surface area contributed by atoms with Crippen molar-refractivity contribution in [1.29, 1.82) is 0 Å². The molecule has 7 aromatic carbocycles. The van der Waals surface area contributed by atoms with Crippen LogP contribution in [0, 0.1) is 0 Å². The zero-order valence-electron chi connectivity index (χ0n) is 25.7. The number of aromatic nitrogens is 2. The van der Waals surface area contributed by atoms with Gasteiger partial charge in [-0.05, 0) is 72.3 Å². The van der Waals surface area contributed by atoms with Gasteiger partial charge in [-0.15, -0.1) is 0 Å². The second-order valence-corrected chi connectivity index (χ2v) is 11.8. The first-order valence-corrected chi connectivity index (χ1v) is 16.0. The Bertz CT molecular complexity index is 2440. The minimum Gasteiger partial charge on any atom is -0.314 e. The smallest absolute Gasteiger partial charge is 0.0788 e. The van der Waals surface area contributed by atoms with Gasteiger partial charge in [-0.2, -0.15) is 0 Å². The fraction of sp³-hybridized carbons (Fsp3) is 0. The van der Waals surface area contributed by atoms with Gasteiger partial charge in [0.2, 0.25) is 0 Å². The van der Waals surface area contributed by atoms with E-state index in [-0.39, 0.29) is 0 Å². The van der Waals surface area contributed by atoms with Crippen molar-refractivity contribution in [3.05, 3.63) is 188 Å². The van der Waals surface area contributed by atoms with Crippen LogP contribution in [0.5, 0.6) is 0 Å². The molecule has 3 nitrogen and oxygen atoms in total. The summed E-state index contributed by atoms with van der Waals surface area (Å²) in [5.41, 5.74) is 11.6. The number of fused-ring (bicyclic) bond motifs is 5. The van der Waals surface area contributed by atoms with Crippen LogP contribution in [-0.2, 0) is 0 Å². The number of rotatable bonds is 6. The van der Waals surface area contributed by atoms with Crippen LogP contribution in [0.2, 0.25) is 0 Å². The predicted molar refractivity (Wildman–Crippen MR) is 198 cm³/mol. The monoisotopic (exact) mass is 601 g/mol. The maximum atomic E-state index is 2.44. The molecule has 0 atom stereocenters. The molecule has 0 unspecified atom stereocenters. The second-order valence-electron chi connectivity index (χ2n) is 11.8. The van der Waals surface area contributed by atoms with Gasteiger partial charge in [0.25, 0.3) is 0 Å². The van der Waals surface area contributed by atoms with Crippen LogP contribution in [0.4, 0.5) is 17.1 Å². The summed E-state index contributed by atoms with van der Waals surface area (Å²) in [6.07, 6.45) is 2.30. The Morgan fingerprint density at radius 1 is 0.362 bits per heavy atom. The lowest BCUT2D eigenvalue weighted by Gasteiger charge is -2.25. The van der Waals surface area contributed by atoms with Gasteiger partial charge >= 0.3 is 0 Å². The van der Waals surface area contributed by atoms with E-state index in [0.717, 1.165) is 28.4 Å². The molecule has 0 saturated heterocycles. The van der Waals surface area contributed by atoms with E-state index in [2.05, 4.69) is 202 Å². The molecule has 0 N–H and O–H groups in total. The second kappa shape index (κ2) is 11.2. The summed E-state index contributed by atoms with van der Waals surface area (Å²) in [5.74, 6) is 0. The minimum atomic E-state index is 1.11. The molecule has 9 aromatic rings. The molecule has 9 rings (SSSR count). The van der Waals surface area contributed by atoms with Gasteiger partial charge in [-0.25, -0.2) is 0 Å². The molecule has 0 spiro atoms. The van der Waals surface area contributed by atoms with E-state index in [1.165, 1.54) is 43.8 Å². The third-order valence-electron chi connectivity index (χ3n) is 9.11. The summed E-state index contributed by atoms with van der Waals surface area (Å²) < 4.78 is 4.82. The van der Waals surface area contributed by atoms with Gasteiger partial charge in [0, 0.05) is 56.4 Å². The van der Waals surface area contributed by atoms with Crippen molar-refractivity contribution >= 4 is 49.8 Å². The highest BCUT2D eigenvalue weighted by atomic mass is 15.1. The molecule has 0 saturated carbocycles. The minimum absolute atomic E-state index is 1.11. The lowest BCUT2D eigenvalue weighted by molar-refractivity contribution is 1.12. The lowest BCUT2D eigenvalue weighted by atomic mass is 10.0. The lowest BCUT2D eigenvalue weighted by Crippen LogP contribution is -2.09. The van der Waals surface area contributed by atoms with Gasteiger partial charge in [0.1, 0.15) is 0 Å². The van der Waals surface area contributed by atoms with Crippen LogP contribution >= 0.6 is 0 Å². The standard InChI is InChI=1S/C44H31N3/c1-5-15-32(16-6-1)41-31-45(33-17-7-2-8-18-33)43-40(41)30-29-39-38-23-13-14-24-42(38)47(44(39)43)37-27-25-36(26-28-37)46(34-19-9-3-10-20-34)35-21-11-4-12-22-35/h1-31H. The van der Waals surface area contributed by atoms with Crippen LogP contribution in [0.15, 0.2) is 188 Å². The molecule has 0 radical (unpaired) electrons. The van der Waals surface area contributed by atoms with Crippen molar-refractivity contribution in [2.24, 2.45) is 0 Å². The molecule has 0 aliphatic heterocycles. The molecule has 2 aromatic heterocycles. The van der Waals surface area contributed by atoms with Crippen molar-refractivity contribution < 1.29 is 0 Å². The SMILES string of the molecule is c1ccc(-c2cn(-c3ccccc3)c3c2ccc2c4ccccc4n(-c4ccc(N(c5ccccc5)c5ccccc5)cc4)c23)cc1. The molecule has 222 valence electrons. The average molecular weight is 602 g/mol. The van der Waals surface area contributed by atoms with Crippen LogP contribution < -0.4 is 4.90 Å². The summed E-state index contributed by atoms with van der Waals surface area (Å²) >= 11 is 0. The highest BCUT2D eigenvalue weighted by molar-refractivity contribution is 6.20. The van der Waals surface area contributed by atoms with Crippen LogP contribution in [0.3, 0.4) is 0 Å². The summed E-state index contributed by atoms with van der Waals surface area (Å²) in [5, 5.41) is 3.71. The number of nitrogens with zero attached hydrogens (tertiary/aromatic N) is 3. The topological polar surface area (TPSA) is 13.1 Å². The zero-order chi connectivity index (χ0) is 31.2. The Balaban J connectivity index is 1.31. The van der Waals surface area contributed by atoms with Gasteiger partial charge in [0.15, 0.2) is 0 Å². The molecule has 0 aliphatic carbocycles. The van der Waals surface area contributed by atoms with E-state index in [4.69, 9.17) is 0 Å². The third-order valence-corrected chi connectivity index (χ3v) is 9.11. The first-order chi connectivity index (χ1) is 23.3. The van der Waals surface area contributed by atoms with Crippen LogP contribution in [0.25, 0.3) is 55.2 Å². The predicted octanol–water partition coefficient (Wildman–Crippen LogP) is 11.9. The quantitative estimate of drug-likeness (QED) is 0.185. The Morgan fingerprint density at radius 2 is 0.894 bits per heavy atom. The van der Waals surface area contributed by atoms with Crippen LogP contribution in [0.1, 0.15) is 0 Å². The molecule has 0 amide bonds. The summed E-state index contributed by atoms with van der Waals surface area (Å²) in [6.45, 7) is 0. The van der Waals surface area contributed by atoms with Gasteiger partial charge < -0.3 is 14.0 Å². The molecule has 0 bridgehead atoms. The number of anilines is 3. The molecule has 2 heterocycles. The van der Waals surface area contributed by atoms with Crippen molar-refractivity contribution in [2.75, 3.05) is 4.90 Å². The Labute approximate surface area is 273 Å². The Hall–Kier alpha value is -6.32. The van der Waals surface area contributed by atoms with Crippen molar-refractivity contribution in [3.8, 4) is 22.5 Å². The van der Waals surface area contributed by atoms with E-state index >= 15 is 0 Å². The normalized spacial score (nSPS) is 11.4. The Morgan fingerprint density at radius 3 is 1.55 bits per heavy atom. The summed E-state index contributed by atoms with van der Waals surface area (Å²) in [7, 11) is 0. The van der Waals surface area contributed by atoms with E-state index in [1.54, 1.807) is 0 Å². The molecule has 3 heteroatoms. The fourth-order valence-electron chi connectivity index (χ4n) is 7.02. The van der Waals surface area contributed by atoms with Gasteiger partial charge in [0.05, 0.1) is 16.6 Å². The Kier molecular flexibility index (Phi) is 6.46. The first kappa shape index (κ1) is 27.0. The first-order valence-electron chi connectivity index (χ1n) is 16.0. The third kappa shape index (κ3) is 4.52. The zero-order valence-corrected chi connectivity index (χ0v) is 25.7. The van der Waals surface area contributed by atoms with E-state index in [1.807, 2.05) is 0 Å². The number of benzene rings is 7. The van der Waals surface area contributed by atoms with E-state index < -0.39 is 0 Å². The molecule has 0 aliphatic rings. The van der Waals surface area contributed by atoms with E-state index in [9.17, 15) is 0 Å². The van der Waals surface area contributed by atoms with E-state index in [0.29, 0.717) is 0 Å². The highest BCUT2D eigenvalue weighted by Gasteiger charge is 2.21. The van der Waals surface area contributed by atoms with Gasteiger partial charge in [-0.1, -0.05) is 115 Å². The molecular weight excluding hydrogens is 571 g/mol. The summed E-state index contributed by atoms with van der Waals surface area (Å²) in [6, 6.07) is 64.9. The molecule has 47 heavy (non-hydrogen) atoms. The fourth-order valence-corrected chi connectivity index (χ4v) is 7.02.